The highest BCUT2D eigenvalue weighted by Crippen LogP contribution is 2.22. The number of nitrogens with one attached hydrogen (secondary N) is 1. The minimum absolute atomic E-state index is 0.0256. The summed E-state index contributed by atoms with van der Waals surface area (Å²) in [4.78, 5) is 0. The second-order valence-corrected chi connectivity index (χ2v) is 4.98. The molecular weight excluding hydrogens is 274 g/mol. The Kier molecular flexibility index (Phi) is 3.40. The Morgan fingerprint density at radius 1 is 1.45 bits per heavy atom. The Hall–Kier alpha value is -2.32. The van der Waals surface area contributed by atoms with Gasteiger partial charge < -0.3 is 5.43 Å². The lowest BCUT2D eigenvalue weighted by atomic mass is 9.98. The van der Waals surface area contributed by atoms with Crippen molar-refractivity contribution in [3.05, 3.63) is 52.8 Å². The van der Waals surface area contributed by atoms with Crippen molar-refractivity contribution in [3.8, 4) is 6.07 Å². The average molecular weight is 286 g/mol. The molecule has 1 aliphatic heterocycles. The van der Waals surface area contributed by atoms with Gasteiger partial charge in [0, 0.05) is 18.3 Å². The molecule has 0 amide bonds. The van der Waals surface area contributed by atoms with Gasteiger partial charge in [-0.25, -0.2) is 0 Å². The number of hydrogen-bond acceptors (Lipinski definition) is 4. The monoisotopic (exact) mass is 285 g/mol. The maximum absolute atomic E-state index is 9.01. The summed E-state index contributed by atoms with van der Waals surface area (Å²) in [5.41, 5.74) is 5.42. The third-order valence-corrected chi connectivity index (χ3v) is 3.42. The van der Waals surface area contributed by atoms with E-state index in [-0.39, 0.29) is 6.04 Å². The Balaban J connectivity index is 2.01. The van der Waals surface area contributed by atoms with Crippen LogP contribution in [0.25, 0.3) is 0 Å². The van der Waals surface area contributed by atoms with E-state index in [2.05, 4.69) is 21.7 Å². The lowest BCUT2D eigenvalue weighted by molar-refractivity contribution is 0.484. The first-order chi connectivity index (χ1) is 9.78. The molecule has 3 rings (SSSR count). The van der Waals surface area contributed by atoms with Crippen molar-refractivity contribution in [1.29, 1.82) is 5.26 Å². The zero-order valence-corrected chi connectivity index (χ0v) is 11.4. The molecule has 0 saturated heterocycles. The van der Waals surface area contributed by atoms with Crippen LogP contribution in [-0.2, 0) is 0 Å². The van der Waals surface area contributed by atoms with Crippen LogP contribution in [0, 0.1) is 11.3 Å². The Bertz CT molecular complexity index is 698. The Labute approximate surface area is 121 Å². The van der Waals surface area contributed by atoms with Gasteiger partial charge in [0.1, 0.15) is 0 Å². The van der Waals surface area contributed by atoms with E-state index in [1.807, 2.05) is 22.9 Å². The summed E-state index contributed by atoms with van der Waals surface area (Å²) < 4.78 is 1.82. The van der Waals surface area contributed by atoms with Crippen LogP contribution in [0.4, 0.5) is 0 Å². The van der Waals surface area contributed by atoms with Gasteiger partial charge in [-0.15, -0.1) is 0 Å². The third kappa shape index (κ3) is 2.38. The van der Waals surface area contributed by atoms with Crippen LogP contribution in [0.5, 0.6) is 0 Å². The number of hydrogen-bond donors (Lipinski definition) is 1. The van der Waals surface area contributed by atoms with E-state index in [9.17, 15) is 0 Å². The van der Waals surface area contributed by atoms with E-state index in [4.69, 9.17) is 16.9 Å². The molecule has 6 heteroatoms. The molecule has 1 unspecified atom stereocenters. The molecule has 100 valence electrons. The first-order valence-electron chi connectivity index (χ1n) is 6.28. The van der Waals surface area contributed by atoms with Gasteiger partial charge in [-0.05, 0) is 18.6 Å². The van der Waals surface area contributed by atoms with Crippen molar-refractivity contribution >= 4 is 17.3 Å². The largest absolute Gasteiger partial charge is 0.310 e. The second-order valence-electron chi connectivity index (χ2n) is 4.54. The average Bonchev–Trinajstić information content (AvgIpc) is 2.94. The minimum atomic E-state index is 0.0256. The predicted octanol–water partition coefficient (Wildman–Crippen LogP) is 2.35. The molecule has 5 nitrogen and oxygen atoms in total. The van der Waals surface area contributed by atoms with E-state index < -0.39 is 0 Å². The third-order valence-electron chi connectivity index (χ3n) is 3.22. The van der Waals surface area contributed by atoms with Gasteiger partial charge in [-0.1, -0.05) is 23.7 Å². The topological polar surface area (TPSA) is 66.0 Å². The minimum Gasteiger partial charge on any atom is -0.310 e. The molecule has 1 atom stereocenters. The van der Waals surface area contributed by atoms with Gasteiger partial charge in [0.15, 0.2) is 0 Å². The van der Waals surface area contributed by atoms with Crippen LogP contribution in [0.1, 0.15) is 23.6 Å². The summed E-state index contributed by atoms with van der Waals surface area (Å²) in [6.07, 6.45) is 4.28. The Morgan fingerprint density at radius 2 is 2.35 bits per heavy atom. The van der Waals surface area contributed by atoms with E-state index in [0.29, 0.717) is 10.6 Å². The van der Waals surface area contributed by atoms with Crippen molar-refractivity contribution in [2.45, 2.75) is 12.5 Å². The van der Waals surface area contributed by atoms with Gasteiger partial charge in [-0.2, -0.15) is 15.5 Å². The maximum atomic E-state index is 9.01. The fourth-order valence-electron chi connectivity index (χ4n) is 2.30. The quantitative estimate of drug-likeness (QED) is 0.921. The smallest absolute Gasteiger partial charge is 0.0991 e. The maximum Gasteiger partial charge on any atom is 0.0991 e. The lowest BCUT2D eigenvalue weighted by Crippen LogP contribution is -2.31. The molecule has 0 fully saturated rings. The molecule has 1 aromatic carbocycles. The van der Waals surface area contributed by atoms with Crippen LogP contribution < -0.4 is 5.43 Å². The van der Waals surface area contributed by atoms with Crippen LogP contribution in [0.2, 0.25) is 5.02 Å². The van der Waals surface area contributed by atoms with Crippen molar-refractivity contribution < 1.29 is 0 Å². The van der Waals surface area contributed by atoms with Gasteiger partial charge in [0.2, 0.25) is 0 Å². The molecule has 0 saturated carbocycles. The van der Waals surface area contributed by atoms with E-state index in [1.165, 1.54) is 0 Å². The molecule has 1 aliphatic rings. The van der Waals surface area contributed by atoms with Crippen molar-refractivity contribution in [3.63, 3.8) is 0 Å². The van der Waals surface area contributed by atoms with Crippen molar-refractivity contribution in [1.82, 2.24) is 15.2 Å². The summed E-state index contributed by atoms with van der Waals surface area (Å²) in [6, 6.07) is 9.60. The van der Waals surface area contributed by atoms with E-state index in [0.717, 1.165) is 24.2 Å². The molecule has 2 aromatic rings. The molecule has 1 N–H and O–H groups in total. The Morgan fingerprint density at radius 3 is 3.10 bits per heavy atom. The first-order valence-corrected chi connectivity index (χ1v) is 6.66. The zero-order valence-electron chi connectivity index (χ0n) is 10.6. The number of nitriles is 1. The number of hydrazone groups is 1. The zero-order chi connectivity index (χ0) is 13.9. The highest BCUT2D eigenvalue weighted by molar-refractivity contribution is 6.30. The summed E-state index contributed by atoms with van der Waals surface area (Å²) in [5, 5.41) is 18.3. The number of halogens is 1. The number of rotatable bonds is 2. The van der Waals surface area contributed by atoms with Gasteiger partial charge in [0.25, 0.3) is 0 Å². The molecule has 0 spiro atoms. The van der Waals surface area contributed by atoms with Gasteiger partial charge >= 0.3 is 0 Å². The predicted molar refractivity (Wildman–Crippen MR) is 76.6 cm³/mol. The normalized spacial score (nSPS) is 18.0. The fourth-order valence-corrected chi connectivity index (χ4v) is 2.45. The molecule has 20 heavy (non-hydrogen) atoms. The molecule has 2 heterocycles. The molecule has 0 radical (unpaired) electrons. The molecule has 1 aromatic heterocycles. The van der Waals surface area contributed by atoms with E-state index in [1.54, 1.807) is 18.5 Å². The van der Waals surface area contributed by atoms with E-state index >= 15 is 0 Å². The molecule has 0 bridgehead atoms. The first kappa shape index (κ1) is 12.7. The summed E-state index contributed by atoms with van der Waals surface area (Å²) in [6.45, 7) is 0.781. The van der Waals surface area contributed by atoms with Crippen LogP contribution in [0.3, 0.4) is 0 Å². The SMILES string of the molecule is N#Cc1cccc(C2=NNCCC2n2cc(Cl)cn2)c1. The van der Waals surface area contributed by atoms with Gasteiger partial charge in [-0.3, -0.25) is 4.68 Å². The van der Waals surface area contributed by atoms with Crippen LogP contribution >= 0.6 is 11.6 Å². The van der Waals surface area contributed by atoms with Crippen LogP contribution in [0.15, 0.2) is 41.8 Å². The highest BCUT2D eigenvalue weighted by Gasteiger charge is 2.23. The molecule has 0 aliphatic carbocycles. The highest BCUT2D eigenvalue weighted by atomic mass is 35.5. The standard InChI is InChI=1S/C14H12ClN5/c15-12-8-18-20(9-12)13-4-5-17-19-14(13)11-3-1-2-10(6-11)7-16/h1-3,6,8-9,13,17H,4-5H2. The van der Waals surface area contributed by atoms with Crippen LogP contribution in [-0.4, -0.2) is 22.0 Å². The molecular formula is C14H12ClN5. The summed E-state index contributed by atoms with van der Waals surface area (Å²) in [5.74, 6) is 0. The number of nitrogens with zero attached hydrogens (tertiary/aromatic N) is 4. The lowest BCUT2D eigenvalue weighted by Gasteiger charge is -2.24. The summed E-state index contributed by atoms with van der Waals surface area (Å²) in [7, 11) is 0. The number of aromatic nitrogens is 2. The van der Waals surface area contributed by atoms with Crippen molar-refractivity contribution in [2.24, 2.45) is 5.10 Å². The fraction of sp³-hybridized carbons (Fsp3) is 0.214. The number of benzene rings is 1. The van der Waals surface area contributed by atoms with Crippen molar-refractivity contribution in [2.75, 3.05) is 6.54 Å². The second kappa shape index (κ2) is 5.35. The van der Waals surface area contributed by atoms with Gasteiger partial charge in [0.05, 0.1) is 34.6 Å². The summed E-state index contributed by atoms with van der Waals surface area (Å²) >= 11 is 5.94.